The van der Waals surface area contributed by atoms with Crippen molar-refractivity contribution < 1.29 is 14.7 Å². The number of carboxylic acids is 1. The van der Waals surface area contributed by atoms with Gasteiger partial charge in [-0.25, -0.2) is 0 Å². The van der Waals surface area contributed by atoms with Crippen molar-refractivity contribution in [3.8, 4) is 0 Å². The zero-order valence-corrected chi connectivity index (χ0v) is 12.9. The number of carbonyl (C=O) groups excluding carboxylic acids is 1. The second-order valence-electron chi connectivity index (χ2n) is 4.64. The van der Waals surface area contributed by atoms with Crippen LogP contribution in [0.2, 0.25) is 0 Å². The van der Waals surface area contributed by atoms with Gasteiger partial charge in [-0.3, -0.25) is 9.59 Å². The number of halogens is 2. The highest BCUT2D eigenvalue weighted by Crippen LogP contribution is 2.39. The summed E-state index contributed by atoms with van der Waals surface area (Å²) in [5.74, 6) is -0.619. The fourth-order valence-corrected chi connectivity index (χ4v) is 4.11. The maximum atomic E-state index is 12.3. The minimum Gasteiger partial charge on any atom is -0.481 e. The Morgan fingerprint density at radius 3 is 2.35 bits per heavy atom. The van der Waals surface area contributed by atoms with Gasteiger partial charge >= 0.3 is 5.97 Å². The van der Waals surface area contributed by atoms with Crippen LogP contribution in [0.3, 0.4) is 0 Å². The molecule has 0 aromatic carbocycles. The lowest BCUT2D eigenvalue weighted by Gasteiger charge is -2.31. The van der Waals surface area contributed by atoms with Gasteiger partial charge in [0.2, 0.25) is 0 Å². The molecule has 17 heavy (non-hydrogen) atoms. The van der Waals surface area contributed by atoms with Crippen molar-refractivity contribution in [2.24, 2.45) is 0 Å². The molecule has 1 unspecified atom stereocenters. The van der Waals surface area contributed by atoms with Crippen LogP contribution in [0.4, 0.5) is 0 Å². The van der Waals surface area contributed by atoms with Crippen LogP contribution in [-0.2, 0) is 9.59 Å². The molecule has 1 atom stereocenters. The van der Waals surface area contributed by atoms with Crippen molar-refractivity contribution in [3.63, 3.8) is 0 Å². The number of carboxylic acid groups (broad SMARTS) is 1. The molecule has 0 aromatic rings. The van der Waals surface area contributed by atoms with Gasteiger partial charge in [0, 0.05) is 6.42 Å². The summed E-state index contributed by atoms with van der Waals surface area (Å²) in [6.07, 6.45) is 6.44. The van der Waals surface area contributed by atoms with E-state index in [0.29, 0.717) is 12.8 Å². The molecule has 98 valence electrons. The molecule has 1 rings (SSSR count). The largest absolute Gasteiger partial charge is 0.481 e. The van der Waals surface area contributed by atoms with Crippen molar-refractivity contribution in [2.45, 2.75) is 60.5 Å². The summed E-state index contributed by atoms with van der Waals surface area (Å²) in [4.78, 5) is 22.4. The first-order chi connectivity index (χ1) is 7.96. The van der Waals surface area contributed by atoms with Gasteiger partial charge in [0.15, 0.2) is 5.78 Å². The Morgan fingerprint density at radius 1 is 1.24 bits per heavy atom. The lowest BCUT2D eigenvalue weighted by molar-refractivity contribution is -0.137. The standard InChI is InChI=1S/C12H18Br2O3/c13-9(5-4-6-10(15)16)11(17)12(14)7-2-1-3-8-12/h9H,1-8H2,(H,15,16). The number of Topliss-reactive ketones (excluding diaryl/α,β-unsaturated/α-hetero) is 1. The van der Waals surface area contributed by atoms with Crippen LogP contribution in [0.15, 0.2) is 0 Å². The third kappa shape index (κ3) is 4.70. The number of hydrogen-bond donors (Lipinski definition) is 1. The summed E-state index contributed by atoms with van der Waals surface area (Å²) in [5.41, 5.74) is 0. The maximum Gasteiger partial charge on any atom is 0.303 e. The van der Waals surface area contributed by atoms with Gasteiger partial charge in [0.05, 0.1) is 9.15 Å². The van der Waals surface area contributed by atoms with Gasteiger partial charge in [0.1, 0.15) is 0 Å². The predicted molar refractivity (Wildman–Crippen MR) is 74.0 cm³/mol. The van der Waals surface area contributed by atoms with Crippen LogP contribution in [0.25, 0.3) is 0 Å². The second-order valence-corrected chi connectivity index (χ2v) is 7.27. The molecule has 1 N–H and O–H groups in total. The van der Waals surface area contributed by atoms with E-state index in [1.54, 1.807) is 0 Å². The molecule has 0 bridgehead atoms. The number of aliphatic carboxylic acids is 1. The van der Waals surface area contributed by atoms with E-state index in [4.69, 9.17) is 5.11 Å². The smallest absolute Gasteiger partial charge is 0.303 e. The summed E-state index contributed by atoms with van der Waals surface area (Å²) in [6, 6.07) is 0. The molecule has 1 fully saturated rings. The lowest BCUT2D eigenvalue weighted by atomic mass is 9.84. The van der Waals surface area contributed by atoms with Gasteiger partial charge < -0.3 is 5.11 Å². The van der Waals surface area contributed by atoms with Gasteiger partial charge in [-0.05, 0) is 25.7 Å². The van der Waals surface area contributed by atoms with Crippen molar-refractivity contribution in [3.05, 3.63) is 0 Å². The van der Waals surface area contributed by atoms with E-state index in [0.717, 1.165) is 25.7 Å². The molecule has 1 saturated carbocycles. The summed E-state index contributed by atoms with van der Waals surface area (Å²) >= 11 is 6.98. The molecule has 3 nitrogen and oxygen atoms in total. The predicted octanol–water partition coefficient (Wildman–Crippen LogP) is 3.67. The van der Waals surface area contributed by atoms with Crippen molar-refractivity contribution >= 4 is 43.6 Å². The number of rotatable bonds is 6. The van der Waals surface area contributed by atoms with Gasteiger partial charge in [0.25, 0.3) is 0 Å². The molecule has 0 aromatic heterocycles. The fourth-order valence-electron chi connectivity index (χ4n) is 2.20. The average molecular weight is 370 g/mol. The van der Waals surface area contributed by atoms with Crippen LogP contribution in [0.1, 0.15) is 51.4 Å². The summed E-state index contributed by atoms with van der Waals surface area (Å²) in [6.45, 7) is 0. The lowest BCUT2D eigenvalue weighted by Crippen LogP contribution is -2.39. The number of alkyl halides is 2. The van der Waals surface area contributed by atoms with Crippen LogP contribution in [-0.4, -0.2) is 26.0 Å². The van der Waals surface area contributed by atoms with E-state index >= 15 is 0 Å². The number of hydrogen-bond acceptors (Lipinski definition) is 2. The first-order valence-electron chi connectivity index (χ1n) is 6.05. The maximum absolute atomic E-state index is 12.3. The highest BCUT2D eigenvalue weighted by molar-refractivity contribution is 9.11. The minimum atomic E-state index is -0.802. The Hall–Kier alpha value is 0.1000. The van der Waals surface area contributed by atoms with Gasteiger partial charge in [-0.1, -0.05) is 51.1 Å². The van der Waals surface area contributed by atoms with Gasteiger partial charge in [-0.15, -0.1) is 0 Å². The molecule has 0 radical (unpaired) electrons. The van der Waals surface area contributed by atoms with E-state index in [1.807, 2.05) is 0 Å². The summed E-state index contributed by atoms with van der Waals surface area (Å²) in [5, 5.41) is 8.55. The third-order valence-electron chi connectivity index (χ3n) is 3.22. The summed E-state index contributed by atoms with van der Waals surface area (Å²) < 4.78 is -0.372. The molecule has 0 aliphatic heterocycles. The Bertz CT molecular complexity index is 285. The monoisotopic (exact) mass is 368 g/mol. The van der Waals surface area contributed by atoms with E-state index in [2.05, 4.69) is 31.9 Å². The van der Waals surface area contributed by atoms with Gasteiger partial charge in [-0.2, -0.15) is 0 Å². The molecular formula is C12H18Br2O3. The van der Waals surface area contributed by atoms with Crippen LogP contribution < -0.4 is 0 Å². The SMILES string of the molecule is O=C(O)CCCC(Br)C(=O)C1(Br)CCCCC1. The zero-order chi connectivity index (χ0) is 12.9. The molecule has 0 saturated heterocycles. The molecule has 5 heteroatoms. The third-order valence-corrected chi connectivity index (χ3v) is 5.28. The normalized spacial score (nSPS) is 20.8. The molecule has 1 aliphatic carbocycles. The Balaban J connectivity index is 2.42. The molecule has 0 amide bonds. The molecule has 0 spiro atoms. The van der Waals surface area contributed by atoms with E-state index < -0.39 is 5.97 Å². The first-order valence-corrected chi connectivity index (χ1v) is 7.76. The minimum absolute atomic E-state index is 0.130. The van der Waals surface area contributed by atoms with E-state index in [-0.39, 0.29) is 21.4 Å². The van der Waals surface area contributed by atoms with Crippen molar-refractivity contribution in [1.29, 1.82) is 0 Å². The second kappa shape index (κ2) is 6.88. The fraction of sp³-hybridized carbons (Fsp3) is 0.833. The zero-order valence-electron chi connectivity index (χ0n) is 9.75. The van der Waals surface area contributed by atoms with Crippen LogP contribution in [0.5, 0.6) is 0 Å². The Morgan fingerprint density at radius 2 is 1.82 bits per heavy atom. The highest BCUT2D eigenvalue weighted by Gasteiger charge is 2.39. The van der Waals surface area contributed by atoms with Crippen molar-refractivity contribution in [1.82, 2.24) is 0 Å². The van der Waals surface area contributed by atoms with E-state index in [1.165, 1.54) is 6.42 Å². The van der Waals surface area contributed by atoms with Crippen LogP contribution >= 0.6 is 31.9 Å². The summed E-state index contributed by atoms with van der Waals surface area (Å²) in [7, 11) is 0. The molecule has 0 heterocycles. The Labute approximate surface area is 119 Å². The van der Waals surface area contributed by atoms with E-state index in [9.17, 15) is 9.59 Å². The molecule has 1 aliphatic rings. The highest BCUT2D eigenvalue weighted by atomic mass is 79.9. The quantitative estimate of drug-likeness (QED) is 0.726. The van der Waals surface area contributed by atoms with Crippen LogP contribution in [0, 0.1) is 0 Å². The topological polar surface area (TPSA) is 54.4 Å². The number of ketones is 1. The first kappa shape index (κ1) is 15.2. The average Bonchev–Trinajstić information content (AvgIpc) is 2.28. The number of carbonyl (C=O) groups is 2. The van der Waals surface area contributed by atoms with Crippen molar-refractivity contribution in [2.75, 3.05) is 0 Å². The molecular weight excluding hydrogens is 352 g/mol. The Kier molecular flexibility index (Phi) is 6.13.